The number of anilines is 1. The topological polar surface area (TPSA) is 113 Å². The molecule has 0 spiro atoms. The van der Waals surface area contributed by atoms with Crippen LogP contribution < -0.4 is 15.2 Å². The van der Waals surface area contributed by atoms with Gasteiger partial charge in [0.2, 0.25) is 0 Å². The van der Waals surface area contributed by atoms with Gasteiger partial charge in [-0.2, -0.15) is 0 Å². The summed E-state index contributed by atoms with van der Waals surface area (Å²) >= 11 is 0. The summed E-state index contributed by atoms with van der Waals surface area (Å²) in [5, 5.41) is 1.03. The van der Waals surface area contributed by atoms with Gasteiger partial charge in [0, 0.05) is 46.8 Å². The van der Waals surface area contributed by atoms with E-state index in [4.69, 9.17) is 24.7 Å². The zero-order valence-electron chi connectivity index (χ0n) is 24.5. The Labute approximate surface area is 240 Å². The third-order valence-corrected chi connectivity index (χ3v) is 8.91. The molecule has 3 aromatic rings. The molecule has 0 amide bonds. The van der Waals surface area contributed by atoms with Gasteiger partial charge in [-0.25, -0.2) is 4.79 Å². The number of rotatable bonds is 7. The lowest BCUT2D eigenvalue weighted by Crippen LogP contribution is -2.57. The number of ether oxygens (including phenoxy) is 4. The van der Waals surface area contributed by atoms with Gasteiger partial charge in [0.1, 0.15) is 23.5 Å². The molecule has 9 heteroatoms. The van der Waals surface area contributed by atoms with Gasteiger partial charge in [-0.15, -0.1) is 0 Å². The van der Waals surface area contributed by atoms with Gasteiger partial charge in [-0.05, 0) is 30.0 Å². The predicted octanol–water partition coefficient (Wildman–Crippen LogP) is 4.13. The van der Waals surface area contributed by atoms with Gasteiger partial charge >= 0.3 is 11.9 Å². The summed E-state index contributed by atoms with van der Waals surface area (Å²) in [6.45, 7) is 4.56. The summed E-state index contributed by atoms with van der Waals surface area (Å²) in [7, 11) is 5.99. The molecule has 3 atom stereocenters. The van der Waals surface area contributed by atoms with Gasteiger partial charge in [0.25, 0.3) is 0 Å². The van der Waals surface area contributed by atoms with Crippen LogP contribution in [0.15, 0.2) is 48.0 Å². The van der Waals surface area contributed by atoms with Crippen molar-refractivity contribution in [1.82, 2.24) is 4.98 Å². The molecule has 9 nitrogen and oxygen atoms in total. The molecule has 2 aliphatic rings. The third kappa shape index (κ3) is 4.82. The third-order valence-electron chi connectivity index (χ3n) is 8.91. The number of nitrogen functional groups attached to an aromatic ring is 1. The summed E-state index contributed by atoms with van der Waals surface area (Å²) < 4.78 is 23.2. The number of benzene rings is 2. The Morgan fingerprint density at radius 3 is 2.41 bits per heavy atom. The number of nitrogens with two attached hydrogens (primary N) is 1. The molecule has 0 aliphatic carbocycles. The van der Waals surface area contributed by atoms with Gasteiger partial charge in [0.05, 0.1) is 47.1 Å². The highest BCUT2D eigenvalue weighted by molar-refractivity contribution is 5.94. The number of H-pyrrole nitrogens is 1. The van der Waals surface area contributed by atoms with Crippen molar-refractivity contribution in [2.75, 3.05) is 60.4 Å². The van der Waals surface area contributed by atoms with Crippen LogP contribution in [0.4, 0.5) is 5.69 Å². The van der Waals surface area contributed by atoms with Crippen LogP contribution in [-0.2, 0) is 30.9 Å². The van der Waals surface area contributed by atoms with Crippen molar-refractivity contribution in [3.05, 3.63) is 64.9 Å². The number of fused-ring (bicyclic) bond motifs is 5. The number of hydrogen-bond acceptors (Lipinski definition) is 7. The second kappa shape index (κ2) is 11.1. The van der Waals surface area contributed by atoms with Crippen LogP contribution in [-0.4, -0.2) is 76.0 Å². The van der Waals surface area contributed by atoms with E-state index in [2.05, 4.69) is 24.1 Å². The summed E-state index contributed by atoms with van der Waals surface area (Å²) in [4.78, 5) is 30.9. The molecule has 2 aromatic carbocycles. The maximum atomic E-state index is 14.5. The first-order valence-corrected chi connectivity index (χ1v) is 14.1. The van der Waals surface area contributed by atoms with Gasteiger partial charge in [-0.3, -0.25) is 4.79 Å². The van der Waals surface area contributed by atoms with Crippen molar-refractivity contribution < 1.29 is 33.0 Å². The second-order valence-electron chi connectivity index (χ2n) is 11.3. The van der Waals surface area contributed by atoms with E-state index in [1.165, 1.54) is 19.8 Å². The molecule has 5 rings (SSSR count). The number of aromatic amines is 1. The van der Waals surface area contributed by atoms with Crippen LogP contribution in [0.5, 0.6) is 11.5 Å². The fraction of sp³-hybridized carbons (Fsp3) is 0.438. The number of nitrogens with one attached hydrogen (secondary N) is 1. The molecule has 41 heavy (non-hydrogen) atoms. The standard InChI is InChI=1S/C32H40N3O6/c1-6-20-13-21-16-32(31(37)41-5,29-26(38-2)14-22(33)15-27(29)39-3)30-24(23-9-7-8-10-25(23)34-30)11-12-35(17-20,18-21)19-28(36)40-4/h7-10,13-15,21,34H,6,11-12,16-19,33H2,1-5H3/q+1/t21-,32-,35?/m0/s1. The Bertz CT molecular complexity index is 1490. The van der Waals surface area contributed by atoms with Gasteiger partial charge in [0.15, 0.2) is 6.54 Å². The Morgan fingerprint density at radius 1 is 1.07 bits per heavy atom. The van der Waals surface area contributed by atoms with E-state index < -0.39 is 11.4 Å². The Kier molecular flexibility index (Phi) is 7.74. The molecule has 1 unspecified atom stereocenters. The second-order valence-corrected chi connectivity index (χ2v) is 11.3. The molecule has 3 heterocycles. The average Bonchev–Trinajstić information content (AvgIpc) is 3.37. The smallest absolute Gasteiger partial charge is 0.361 e. The summed E-state index contributed by atoms with van der Waals surface area (Å²) in [5.41, 5.74) is 9.91. The molecule has 0 fully saturated rings. The molecule has 0 saturated carbocycles. The minimum absolute atomic E-state index is 0.0632. The zero-order chi connectivity index (χ0) is 29.4. The number of para-hydroxylation sites is 1. The van der Waals surface area contributed by atoms with Crippen LogP contribution in [0.3, 0.4) is 0 Å². The SMILES string of the molecule is CCC1=C[C@H]2C[C@](C(=O)OC)(c3c(OC)cc(N)cc3OC)c3[nH]c4ccccc4c3CC[N+](CC(=O)OC)(C1)C2. The van der Waals surface area contributed by atoms with Gasteiger partial charge < -0.3 is 34.1 Å². The van der Waals surface area contributed by atoms with Crippen molar-refractivity contribution in [2.24, 2.45) is 5.92 Å². The van der Waals surface area contributed by atoms with E-state index >= 15 is 0 Å². The van der Waals surface area contributed by atoms with Crippen LogP contribution in [0, 0.1) is 5.92 Å². The fourth-order valence-electron chi connectivity index (χ4n) is 7.20. The number of esters is 2. The van der Waals surface area contributed by atoms with Crippen LogP contribution in [0.25, 0.3) is 10.9 Å². The van der Waals surface area contributed by atoms with E-state index in [0.29, 0.717) is 53.2 Å². The Hall–Kier alpha value is -3.98. The summed E-state index contributed by atoms with van der Waals surface area (Å²) in [6.07, 6.45) is 4.15. The van der Waals surface area contributed by atoms with E-state index in [-0.39, 0.29) is 18.4 Å². The van der Waals surface area contributed by atoms with Crippen LogP contribution in [0.1, 0.15) is 36.6 Å². The van der Waals surface area contributed by atoms with E-state index in [9.17, 15) is 9.59 Å². The molecular weight excluding hydrogens is 522 g/mol. The minimum Gasteiger partial charge on any atom is -0.496 e. The molecule has 1 aromatic heterocycles. The Morgan fingerprint density at radius 2 is 1.78 bits per heavy atom. The van der Waals surface area contributed by atoms with Crippen molar-refractivity contribution in [3.63, 3.8) is 0 Å². The molecule has 2 aliphatic heterocycles. The monoisotopic (exact) mass is 562 g/mol. The number of methoxy groups -OCH3 is 4. The zero-order valence-corrected chi connectivity index (χ0v) is 24.5. The maximum Gasteiger partial charge on any atom is 0.361 e. The minimum atomic E-state index is -1.32. The number of nitrogens with zero attached hydrogens (tertiary/aromatic N) is 1. The molecular formula is C32H40N3O6+. The first-order chi connectivity index (χ1) is 19.7. The summed E-state index contributed by atoms with van der Waals surface area (Å²) in [5.74, 6) is 0.174. The van der Waals surface area contributed by atoms with E-state index in [1.807, 2.05) is 18.2 Å². The van der Waals surface area contributed by atoms with Crippen LogP contribution in [0.2, 0.25) is 0 Å². The normalized spacial score (nSPS) is 23.8. The molecule has 2 bridgehead atoms. The lowest BCUT2D eigenvalue weighted by atomic mass is 9.68. The van der Waals surface area contributed by atoms with E-state index in [0.717, 1.165) is 35.1 Å². The number of quaternary nitrogens is 1. The van der Waals surface area contributed by atoms with Crippen molar-refractivity contribution in [1.29, 1.82) is 0 Å². The van der Waals surface area contributed by atoms with Crippen molar-refractivity contribution in [2.45, 2.75) is 31.6 Å². The number of aromatic nitrogens is 1. The number of carbonyl (C=O) groups is 2. The quantitative estimate of drug-likeness (QED) is 0.193. The molecule has 0 radical (unpaired) electrons. The Balaban J connectivity index is 1.88. The summed E-state index contributed by atoms with van der Waals surface area (Å²) in [6, 6.07) is 11.5. The predicted molar refractivity (Wildman–Crippen MR) is 157 cm³/mol. The number of hydrogen-bond donors (Lipinski definition) is 2. The molecule has 218 valence electrons. The maximum absolute atomic E-state index is 14.5. The number of carbonyl (C=O) groups excluding carboxylic acids is 2. The molecule has 3 N–H and O–H groups in total. The fourth-order valence-corrected chi connectivity index (χ4v) is 7.20. The van der Waals surface area contributed by atoms with Crippen LogP contribution >= 0.6 is 0 Å². The molecule has 0 saturated heterocycles. The van der Waals surface area contributed by atoms with Crippen molar-refractivity contribution >= 4 is 28.5 Å². The highest BCUT2D eigenvalue weighted by Crippen LogP contribution is 2.52. The van der Waals surface area contributed by atoms with Gasteiger partial charge in [-0.1, -0.05) is 31.2 Å². The first kappa shape index (κ1) is 28.5. The highest BCUT2D eigenvalue weighted by atomic mass is 16.5. The lowest BCUT2D eigenvalue weighted by molar-refractivity contribution is -0.921. The lowest BCUT2D eigenvalue weighted by Gasteiger charge is -2.44. The highest BCUT2D eigenvalue weighted by Gasteiger charge is 2.54. The van der Waals surface area contributed by atoms with Crippen molar-refractivity contribution in [3.8, 4) is 11.5 Å². The largest absolute Gasteiger partial charge is 0.496 e. The average molecular weight is 563 g/mol. The van der Waals surface area contributed by atoms with E-state index in [1.54, 1.807) is 26.4 Å². The first-order valence-electron chi connectivity index (χ1n) is 14.1.